The quantitative estimate of drug-likeness (QED) is 0.415. The molecular formula is C4H9N3. The van der Waals surface area contributed by atoms with Crippen LogP contribution in [0.3, 0.4) is 0 Å². The van der Waals surface area contributed by atoms with E-state index in [9.17, 15) is 0 Å². The lowest BCUT2D eigenvalue weighted by molar-refractivity contribution is 0.941. The topological polar surface area (TPSA) is 36.4 Å². The molecule has 0 aromatic carbocycles. The summed E-state index contributed by atoms with van der Waals surface area (Å²) in [7, 11) is 1.86. The Hall–Kier alpha value is -0.730. The molecule has 0 radical (unpaired) electrons. The van der Waals surface area contributed by atoms with E-state index in [0.717, 1.165) is 19.0 Å². The minimum atomic E-state index is 0.913. The highest BCUT2D eigenvalue weighted by Gasteiger charge is 1.98. The van der Waals surface area contributed by atoms with Gasteiger partial charge in [-0.1, -0.05) is 0 Å². The SMILES string of the molecule is CNC1=NCCN1. The number of hydrogen-bond acceptors (Lipinski definition) is 3. The Kier molecular flexibility index (Phi) is 1.15. The Balaban J connectivity index is 2.36. The van der Waals surface area contributed by atoms with Crippen LogP contribution in [0, 0.1) is 0 Å². The van der Waals surface area contributed by atoms with Gasteiger partial charge in [0.25, 0.3) is 0 Å². The summed E-state index contributed by atoms with van der Waals surface area (Å²) in [5.41, 5.74) is 0. The zero-order valence-corrected chi connectivity index (χ0v) is 4.36. The highest BCUT2D eigenvalue weighted by atomic mass is 15.2. The van der Waals surface area contributed by atoms with E-state index in [1.165, 1.54) is 0 Å². The molecule has 0 aromatic heterocycles. The molecule has 1 aliphatic heterocycles. The van der Waals surface area contributed by atoms with Crippen molar-refractivity contribution in [2.75, 3.05) is 20.1 Å². The lowest BCUT2D eigenvalue weighted by Gasteiger charge is -1.95. The highest BCUT2D eigenvalue weighted by Crippen LogP contribution is 1.77. The smallest absolute Gasteiger partial charge is 0.191 e. The average Bonchev–Trinajstić information content (AvgIpc) is 2.14. The first-order valence-corrected chi connectivity index (χ1v) is 2.39. The van der Waals surface area contributed by atoms with E-state index >= 15 is 0 Å². The molecule has 0 fully saturated rings. The number of rotatable bonds is 0. The second kappa shape index (κ2) is 1.82. The van der Waals surface area contributed by atoms with E-state index in [2.05, 4.69) is 15.6 Å². The molecule has 1 rings (SSSR count). The summed E-state index contributed by atoms with van der Waals surface area (Å²) < 4.78 is 0. The molecule has 0 saturated heterocycles. The summed E-state index contributed by atoms with van der Waals surface area (Å²) in [6.45, 7) is 1.90. The molecule has 0 bridgehead atoms. The third-order valence-electron chi connectivity index (χ3n) is 0.911. The van der Waals surface area contributed by atoms with Gasteiger partial charge in [-0.25, -0.2) is 0 Å². The van der Waals surface area contributed by atoms with Crippen molar-refractivity contribution in [3.05, 3.63) is 0 Å². The van der Waals surface area contributed by atoms with Crippen molar-refractivity contribution in [3.63, 3.8) is 0 Å². The van der Waals surface area contributed by atoms with Crippen molar-refractivity contribution in [2.45, 2.75) is 0 Å². The first kappa shape index (κ1) is 4.43. The fourth-order valence-corrected chi connectivity index (χ4v) is 0.565. The summed E-state index contributed by atoms with van der Waals surface area (Å²) in [6.07, 6.45) is 0. The number of nitrogens with zero attached hydrogens (tertiary/aromatic N) is 1. The first-order valence-electron chi connectivity index (χ1n) is 2.39. The zero-order chi connectivity index (χ0) is 5.11. The van der Waals surface area contributed by atoms with Crippen LogP contribution in [0.25, 0.3) is 0 Å². The van der Waals surface area contributed by atoms with Crippen LogP contribution in [0.15, 0.2) is 4.99 Å². The normalized spacial score (nSPS) is 18.1. The summed E-state index contributed by atoms with van der Waals surface area (Å²) in [5, 5.41) is 5.95. The molecule has 0 amide bonds. The molecule has 0 atom stereocenters. The molecule has 0 aromatic rings. The predicted octanol–water partition coefficient (Wildman–Crippen LogP) is -0.835. The Morgan fingerprint density at radius 2 is 2.71 bits per heavy atom. The maximum atomic E-state index is 4.05. The van der Waals surface area contributed by atoms with Crippen molar-refractivity contribution >= 4 is 5.96 Å². The van der Waals surface area contributed by atoms with Gasteiger partial charge < -0.3 is 10.6 Å². The van der Waals surface area contributed by atoms with Crippen LogP contribution in [0.1, 0.15) is 0 Å². The van der Waals surface area contributed by atoms with Crippen molar-refractivity contribution in [2.24, 2.45) is 4.99 Å². The van der Waals surface area contributed by atoms with Crippen molar-refractivity contribution in [1.29, 1.82) is 0 Å². The molecule has 0 unspecified atom stereocenters. The van der Waals surface area contributed by atoms with Crippen LogP contribution in [-0.4, -0.2) is 26.1 Å². The maximum Gasteiger partial charge on any atom is 0.191 e. The predicted molar refractivity (Wildman–Crippen MR) is 29.4 cm³/mol. The summed E-state index contributed by atoms with van der Waals surface area (Å²) in [6, 6.07) is 0. The average molecular weight is 99.1 g/mol. The summed E-state index contributed by atoms with van der Waals surface area (Å²) in [4.78, 5) is 4.05. The van der Waals surface area contributed by atoms with Gasteiger partial charge in [-0.05, 0) is 0 Å². The van der Waals surface area contributed by atoms with E-state index < -0.39 is 0 Å². The molecule has 2 N–H and O–H groups in total. The van der Waals surface area contributed by atoms with Crippen LogP contribution in [0.4, 0.5) is 0 Å². The Morgan fingerprint density at radius 1 is 1.86 bits per heavy atom. The van der Waals surface area contributed by atoms with Gasteiger partial charge in [-0.2, -0.15) is 0 Å². The third kappa shape index (κ3) is 0.824. The van der Waals surface area contributed by atoms with Crippen LogP contribution in [-0.2, 0) is 0 Å². The molecule has 7 heavy (non-hydrogen) atoms. The summed E-state index contributed by atoms with van der Waals surface area (Å²) >= 11 is 0. The Labute approximate surface area is 42.8 Å². The fourth-order valence-electron chi connectivity index (χ4n) is 0.565. The van der Waals surface area contributed by atoms with E-state index in [4.69, 9.17) is 0 Å². The van der Waals surface area contributed by atoms with Crippen LogP contribution in [0.2, 0.25) is 0 Å². The second-order valence-corrected chi connectivity index (χ2v) is 1.41. The molecular weight excluding hydrogens is 90.1 g/mol. The third-order valence-corrected chi connectivity index (χ3v) is 0.911. The number of aliphatic imine (C=N–C) groups is 1. The number of guanidine groups is 1. The van der Waals surface area contributed by atoms with E-state index in [1.807, 2.05) is 7.05 Å². The molecule has 1 heterocycles. The standard InChI is InChI=1S/C4H9N3/c1-5-4-6-2-3-7-4/h2-3H2,1H3,(H2,5,6,7). The fraction of sp³-hybridized carbons (Fsp3) is 0.750. The number of nitrogens with one attached hydrogen (secondary N) is 2. The van der Waals surface area contributed by atoms with Crippen molar-refractivity contribution < 1.29 is 0 Å². The monoisotopic (exact) mass is 99.1 g/mol. The molecule has 0 aliphatic carbocycles. The minimum Gasteiger partial charge on any atom is -0.359 e. The lowest BCUT2D eigenvalue weighted by atomic mass is 10.7. The maximum absolute atomic E-state index is 4.05. The Bertz CT molecular complexity index is 86.9. The largest absolute Gasteiger partial charge is 0.359 e. The number of hydrogen-bond donors (Lipinski definition) is 2. The van der Waals surface area contributed by atoms with Gasteiger partial charge >= 0.3 is 0 Å². The van der Waals surface area contributed by atoms with Gasteiger partial charge in [0.2, 0.25) is 0 Å². The highest BCUT2D eigenvalue weighted by molar-refractivity contribution is 5.80. The van der Waals surface area contributed by atoms with Crippen molar-refractivity contribution in [3.8, 4) is 0 Å². The molecule has 0 saturated carbocycles. The minimum absolute atomic E-state index is 0.913. The van der Waals surface area contributed by atoms with Crippen LogP contribution < -0.4 is 10.6 Å². The van der Waals surface area contributed by atoms with Gasteiger partial charge in [0.1, 0.15) is 0 Å². The van der Waals surface area contributed by atoms with E-state index in [-0.39, 0.29) is 0 Å². The van der Waals surface area contributed by atoms with Gasteiger partial charge in [0, 0.05) is 13.6 Å². The van der Waals surface area contributed by atoms with Gasteiger partial charge in [0.15, 0.2) is 5.96 Å². The van der Waals surface area contributed by atoms with E-state index in [0.29, 0.717) is 0 Å². The van der Waals surface area contributed by atoms with Crippen LogP contribution in [0.5, 0.6) is 0 Å². The van der Waals surface area contributed by atoms with Gasteiger partial charge in [-0.3, -0.25) is 4.99 Å². The van der Waals surface area contributed by atoms with Gasteiger partial charge in [-0.15, -0.1) is 0 Å². The lowest BCUT2D eigenvalue weighted by Crippen LogP contribution is -2.30. The first-order chi connectivity index (χ1) is 3.43. The summed E-state index contributed by atoms with van der Waals surface area (Å²) in [5.74, 6) is 0.917. The molecule has 40 valence electrons. The molecule has 1 aliphatic rings. The zero-order valence-electron chi connectivity index (χ0n) is 4.36. The Morgan fingerprint density at radius 3 is 3.00 bits per heavy atom. The molecule has 3 nitrogen and oxygen atoms in total. The molecule has 0 spiro atoms. The van der Waals surface area contributed by atoms with Gasteiger partial charge in [0.05, 0.1) is 6.54 Å². The molecule has 3 heteroatoms. The second-order valence-electron chi connectivity index (χ2n) is 1.41. The van der Waals surface area contributed by atoms with Crippen molar-refractivity contribution in [1.82, 2.24) is 10.6 Å². The van der Waals surface area contributed by atoms with Crippen LogP contribution >= 0.6 is 0 Å². The van der Waals surface area contributed by atoms with E-state index in [1.54, 1.807) is 0 Å².